The summed E-state index contributed by atoms with van der Waals surface area (Å²) in [7, 11) is 1.67. The molecular formula is C16H25NO2. The van der Waals surface area contributed by atoms with E-state index in [0.29, 0.717) is 6.04 Å². The average molecular weight is 263 g/mol. The molecule has 1 unspecified atom stereocenters. The highest BCUT2D eigenvalue weighted by Gasteiger charge is 2.17. The first kappa shape index (κ1) is 14.4. The third-order valence-corrected chi connectivity index (χ3v) is 3.99. The van der Waals surface area contributed by atoms with Gasteiger partial charge in [-0.25, -0.2) is 0 Å². The lowest BCUT2D eigenvalue weighted by molar-refractivity contribution is 0.228. The lowest BCUT2D eigenvalue weighted by Gasteiger charge is -2.24. The van der Waals surface area contributed by atoms with Gasteiger partial charge >= 0.3 is 0 Å². The van der Waals surface area contributed by atoms with Crippen LogP contribution in [0.5, 0.6) is 5.75 Å². The van der Waals surface area contributed by atoms with Crippen LogP contribution in [0.2, 0.25) is 0 Å². The predicted octanol–water partition coefficient (Wildman–Crippen LogP) is 3.04. The number of hydrogen-bond donors (Lipinski definition) is 2. The Kier molecular flexibility index (Phi) is 5.67. The summed E-state index contributed by atoms with van der Waals surface area (Å²) in [6.07, 6.45) is 7.77. The van der Waals surface area contributed by atoms with Crippen molar-refractivity contribution in [2.45, 2.75) is 50.6 Å². The summed E-state index contributed by atoms with van der Waals surface area (Å²) in [5, 5.41) is 13.2. The van der Waals surface area contributed by atoms with E-state index in [1.54, 1.807) is 7.11 Å². The summed E-state index contributed by atoms with van der Waals surface area (Å²) in [5.74, 6) is 0.856. The number of benzene rings is 1. The van der Waals surface area contributed by atoms with E-state index in [4.69, 9.17) is 4.74 Å². The van der Waals surface area contributed by atoms with Crippen LogP contribution in [-0.4, -0.2) is 24.9 Å². The number of hydrogen-bond acceptors (Lipinski definition) is 3. The maximum Gasteiger partial charge on any atom is 0.118 e. The second-order valence-electron chi connectivity index (χ2n) is 5.36. The van der Waals surface area contributed by atoms with Crippen molar-refractivity contribution in [3.8, 4) is 5.75 Å². The molecule has 3 nitrogen and oxygen atoms in total. The van der Waals surface area contributed by atoms with Gasteiger partial charge in [-0.05, 0) is 30.5 Å². The quantitative estimate of drug-likeness (QED) is 0.802. The number of ether oxygens (including phenoxy) is 1. The van der Waals surface area contributed by atoms with Crippen molar-refractivity contribution in [1.29, 1.82) is 0 Å². The fourth-order valence-corrected chi connectivity index (χ4v) is 2.82. The minimum atomic E-state index is 0.0361. The van der Waals surface area contributed by atoms with Crippen LogP contribution in [-0.2, 0) is 0 Å². The first-order chi connectivity index (χ1) is 9.33. The summed E-state index contributed by atoms with van der Waals surface area (Å²) in [6.45, 7) is 0.142. The first-order valence-electron chi connectivity index (χ1n) is 7.34. The van der Waals surface area contributed by atoms with E-state index in [1.165, 1.54) is 38.5 Å². The summed E-state index contributed by atoms with van der Waals surface area (Å²) >= 11 is 0. The van der Waals surface area contributed by atoms with Gasteiger partial charge in [-0.2, -0.15) is 0 Å². The Hall–Kier alpha value is -1.06. The van der Waals surface area contributed by atoms with Gasteiger partial charge < -0.3 is 15.2 Å². The van der Waals surface area contributed by atoms with E-state index in [-0.39, 0.29) is 12.6 Å². The number of aliphatic hydroxyl groups is 1. The molecule has 2 rings (SSSR count). The highest BCUT2D eigenvalue weighted by Crippen LogP contribution is 2.22. The van der Waals surface area contributed by atoms with Gasteiger partial charge in [0.2, 0.25) is 0 Å². The molecule has 0 saturated heterocycles. The molecule has 0 heterocycles. The molecule has 106 valence electrons. The van der Waals surface area contributed by atoms with Crippen molar-refractivity contribution in [3.63, 3.8) is 0 Å². The molecule has 0 amide bonds. The van der Waals surface area contributed by atoms with Crippen molar-refractivity contribution in [2.75, 3.05) is 13.7 Å². The summed E-state index contributed by atoms with van der Waals surface area (Å²) < 4.78 is 5.17. The van der Waals surface area contributed by atoms with Crippen LogP contribution in [0.4, 0.5) is 0 Å². The highest BCUT2D eigenvalue weighted by atomic mass is 16.5. The second-order valence-corrected chi connectivity index (χ2v) is 5.36. The predicted molar refractivity (Wildman–Crippen MR) is 77.4 cm³/mol. The standard InChI is InChI=1S/C16H25NO2/c1-19-15-10-8-13(9-11-15)16(12-18)17-14-6-4-2-3-5-7-14/h8-11,14,16-18H,2-7,12H2,1H3. The minimum Gasteiger partial charge on any atom is -0.497 e. The number of rotatable bonds is 5. The van der Waals surface area contributed by atoms with Gasteiger partial charge in [0.1, 0.15) is 5.75 Å². The molecule has 3 heteroatoms. The lowest BCUT2D eigenvalue weighted by atomic mass is 10.0. The number of nitrogens with one attached hydrogen (secondary N) is 1. The molecule has 0 bridgehead atoms. The van der Waals surface area contributed by atoms with Gasteiger partial charge in [-0.15, -0.1) is 0 Å². The molecule has 0 aromatic heterocycles. The van der Waals surface area contributed by atoms with Gasteiger partial charge in [-0.3, -0.25) is 0 Å². The lowest BCUT2D eigenvalue weighted by Crippen LogP contribution is -2.34. The van der Waals surface area contributed by atoms with Crippen molar-refractivity contribution >= 4 is 0 Å². The zero-order valence-corrected chi connectivity index (χ0v) is 11.8. The second kappa shape index (κ2) is 7.51. The Labute approximate surface area is 116 Å². The molecule has 0 aliphatic heterocycles. The number of methoxy groups -OCH3 is 1. The van der Waals surface area contributed by atoms with Gasteiger partial charge in [-0.1, -0.05) is 37.8 Å². The largest absolute Gasteiger partial charge is 0.497 e. The Bertz CT molecular complexity index is 356. The molecule has 1 atom stereocenters. The Morgan fingerprint density at radius 1 is 1.16 bits per heavy atom. The summed E-state index contributed by atoms with van der Waals surface area (Å²) in [4.78, 5) is 0. The zero-order valence-electron chi connectivity index (χ0n) is 11.8. The fourth-order valence-electron chi connectivity index (χ4n) is 2.82. The van der Waals surface area contributed by atoms with Crippen molar-refractivity contribution in [3.05, 3.63) is 29.8 Å². The fraction of sp³-hybridized carbons (Fsp3) is 0.625. The SMILES string of the molecule is COc1ccc(C(CO)NC2CCCCCC2)cc1. The van der Waals surface area contributed by atoms with Crippen LogP contribution in [0.3, 0.4) is 0 Å². The summed E-state index contributed by atoms with van der Waals surface area (Å²) in [5.41, 5.74) is 1.13. The molecule has 1 aromatic carbocycles. The van der Waals surface area contributed by atoms with Crippen LogP contribution in [0.15, 0.2) is 24.3 Å². The monoisotopic (exact) mass is 263 g/mol. The molecule has 0 spiro atoms. The molecule has 1 saturated carbocycles. The van der Waals surface area contributed by atoms with Gasteiger partial charge in [0.05, 0.1) is 19.8 Å². The topological polar surface area (TPSA) is 41.5 Å². The minimum absolute atomic E-state index is 0.0361. The average Bonchev–Trinajstić information content (AvgIpc) is 2.73. The van der Waals surface area contributed by atoms with Crippen LogP contribution >= 0.6 is 0 Å². The third kappa shape index (κ3) is 4.22. The van der Waals surface area contributed by atoms with Gasteiger partial charge in [0.15, 0.2) is 0 Å². The van der Waals surface area contributed by atoms with E-state index in [1.807, 2.05) is 24.3 Å². The van der Waals surface area contributed by atoms with Gasteiger partial charge in [0, 0.05) is 6.04 Å². The molecular weight excluding hydrogens is 238 g/mol. The van der Waals surface area contributed by atoms with Gasteiger partial charge in [0.25, 0.3) is 0 Å². The van der Waals surface area contributed by atoms with E-state index < -0.39 is 0 Å². The number of aliphatic hydroxyl groups excluding tert-OH is 1. The molecule has 1 aliphatic rings. The maximum atomic E-state index is 9.61. The van der Waals surface area contributed by atoms with E-state index >= 15 is 0 Å². The van der Waals surface area contributed by atoms with Crippen LogP contribution in [0.25, 0.3) is 0 Å². The van der Waals surface area contributed by atoms with Crippen molar-refractivity contribution < 1.29 is 9.84 Å². The van der Waals surface area contributed by atoms with Crippen LogP contribution in [0, 0.1) is 0 Å². The highest BCUT2D eigenvalue weighted by molar-refractivity contribution is 5.29. The van der Waals surface area contributed by atoms with Crippen LogP contribution < -0.4 is 10.1 Å². The normalized spacial score (nSPS) is 18.8. The van der Waals surface area contributed by atoms with E-state index in [9.17, 15) is 5.11 Å². The van der Waals surface area contributed by atoms with E-state index in [2.05, 4.69) is 5.32 Å². The molecule has 1 fully saturated rings. The van der Waals surface area contributed by atoms with Crippen LogP contribution in [0.1, 0.15) is 50.1 Å². The molecule has 1 aromatic rings. The molecule has 1 aliphatic carbocycles. The smallest absolute Gasteiger partial charge is 0.118 e. The molecule has 0 radical (unpaired) electrons. The molecule has 19 heavy (non-hydrogen) atoms. The Balaban J connectivity index is 1.97. The Morgan fingerprint density at radius 3 is 2.32 bits per heavy atom. The Morgan fingerprint density at radius 2 is 1.79 bits per heavy atom. The summed E-state index contributed by atoms with van der Waals surface area (Å²) in [6, 6.07) is 8.54. The van der Waals surface area contributed by atoms with Crippen molar-refractivity contribution in [1.82, 2.24) is 5.32 Å². The maximum absolute atomic E-state index is 9.61. The van der Waals surface area contributed by atoms with E-state index in [0.717, 1.165) is 11.3 Å². The first-order valence-corrected chi connectivity index (χ1v) is 7.34. The van der Waals surface area contributed by atoms with Crippen molar-refractivity contribution in [2.24, 2.45) is 0 Å². The third-order valence-electron chi connectivity index (χ3n) is 3.99. The zero-order chi connectivity index (χ0) is 13.5. The molecule has 2 N–H and O–H groups in total.